The van der Waals surface area contributed by atoms with Gasteiger partial charge in [-0.2, -0.15) is 0 Å². The van der Waals surface area contributed by atoms with Crippen molar-refractivity contribution in [3.63, 3.8) is 0 Å². The third kappa shape index (κ3) is 4.28. The van der Waals surface area contributed by atoms with Gasteiger partial charge in [-0.25, -0.2) is 0 Å². The first-order chi connectivity index (χ1) is 11.2. The maximum absolute atomic E-state index is 12.3. The zero-order valence-corrected chi connectivity index (χ0v) is 13.7. The number of amides is 2. The fraction of sp³-hybridized carbons (Fsp3) is 0.389. The number of aromatic nitrogens is 1. The molecule has 0 radical (unpaired) electrons. The van der Waals surface area contributed by atoms with Crippen molar-refractivity contribution in [1.82, 2.24) is 15.2 Å². The molecule has 0 saturated heterocycles. The fourth-order valence-corrected chi connectivity index (χ4v) is 2.56. The van der Waals surface area contributed by atoms with Crippen LogP contribution in [-0.2, 0) is 4.79 Å². The minimum absolute atomic E-state index is 0.132. The second kappa shape index (κ2) is 8.27. The maximum Gasteiger partial charge on any atom is 0.270 e. The molecule has 0 aliphatic carbocycles. The van der Waals surface area contributed by atoms with Crippen LogP contribution in [0.3, 0.4) is 0 Å². The van der Waals surface area contributed by atoms with Crippen molar-refractivity contribution in [1.29, 1.82) is 0 Å². The normalized spacial score (nSPS) is 10.5. The topological polar surface area (TPSA) is 62.3 Å². The molecule has 1 N–H and O–H groups in total. The molecule has 1 aromatic carbocycles. The lowest BCUT2D eigenvalue weighted by atomic mass is 10.1. The van der Waals surface area contributed by atoms with Gasteiger partial charge < -0.3 is 10.2 Å². The second-order valence-corrected chi connectivity index (χ2v) is 5.31. The zero-order valence-electron chi connectivity index (χ0n) is 13.7. The predicted octanol–water partition coefficient (Wildman–Crippen LogP) is 2.61. The number of hydrogen-bond acceptors (Lipinski definition) is 3. The Morgan fingerprint density at radius 2 is 1.87 bits per heavy atom. The number of pyridine rings is 1. The first-order valence-corrected chi connectivity index (χ1v) is 8.07. The number of fused-ring (bicyclic) bond motifs is 1. The van der Waals surface area contributed by atoms with Gasteiger partial charge in [0, 0.05) is 37.6 Å². The Morgan fingerprint density at radius 3 is 2.61 bits per heavy atom. The Bertz CT molecular complexity index is 676. The summed E-state index contributed by atoms with van der Waals surface area (Å²) in [6.45, 7) is 5.85. The summed E-state index contributed by atoms with van der Waals surface area (Å²) in [6.07, 6.45) is 2.72. The summed E-state index contributed by atoms with van der Waals surface area (Å²) >= 11 is 0. The molecule has 2 amide bonds. The Labute approximate surface area is 136 Å². The minimum atomic E-state index is -0.197. The first-order valence-electron chi connectivity index (χ1n) is 8.07. The van der Waals surface area contributed by atoms with Crippen molar-refractivity contribution in [3.05, 3.63) is 42.2 Å². The highest BCUT2D eigenvalue weighted by molar-refractivity contribution is 6.05. The summed E-state index contributed by atoms with van der Waals surface area (Å²) in [4.78, 5) is 30.2. The third-order valence-electron chi connectivity index (χ3n) is 3.86. The van der Waals surface area contributed by atoms with Crippen LogP contribution in [0.25, 0.3) is 10.8 Å². The van der Waals surface area contributed by atoms with Gasteiger partial charge in [0.25, 0.3) is 5.91 Å². The van der Waals surface area contributed by atoms with E-state index in [2.05, 4.69) is 10.3 Å². The first kappa shape index (κ1) is 16.9. The number of carbonyl (C=O) groups is 2. The molecule has 0 bridgehead atoms. The van der Waals surface area contributed by atoms with Gasteiger partial charge in [0.15, 0.2) is 0 Å². The largest absolute Gasteiger partial charge is 0.351 e. The van der Waals surface area contributed by atoms with Crippen molar-refractivity contribution < 1.29 is 9.59 Å². The van der Waals surface area contributed by atoms with Crippen LogP contribution in [0.2, 0.25) is 0 Å². The summed E-state index contributed by atoms with van der Waals surface area (Å²) < 4.78 is 0. The zero-order chi connectivity index (χ0) is 16.7. The highest BCUT2D eigenvalue weighted by Crippen LogP contribution is 2.16. The molecule has 0 aliphatic heterocycles. The molecule has 0 spiro atoms. The van der Waals surface area contributed by atoms with E-state index in [1.54, 1.807) is 11.1 Å². The molecular formula is C18H23N3O2. The highest BCUT2D eigenvalue weighted by Gasteiger charge is 2.12. The monoisotopic (exact) mass is 313 g/mol. The van der Waals surface area contributed by atoms with Gasteiger partial charge in [-0.15, -0.1) is 0 Å². The number of nitrogens with zero attached hydrogens (tertiary/aromatic N) is 2. The summed E-state index contributed by atoms with van der Waals surface area (Å²) in [6, 6.07) is 9.55. The smallest absolute Gasteiger partial charge is 0.270 e. The van der Waals surface area contributed by atoms with Gasteiger partial charge in [0.05, 0.1) is 0 Å². The molecule has 1 aromatic heterocycles. The van der Waals surface area contributed by atoms with E-state index in [1.807, 2.05) is 44.2 Å². The van der Waals surface area contributed by atoms with Crippen LogP contribution < -0.4 is 5.32 Å². The van der Waals surface area contributed by atoms with Crippen LogP contribution >= 0.6 is 0 Å². The van der Waals surface area contributed by atoms with Crippen molar-refractivity contribution in [3.8, 4) is 0 Å². The molecule has 0 aliphatic rings. The Morgan fingerprint density at radius 1 is 1.13 bits per heavy atom. The van der Waals surface area contributed by atoms with Gasteiger partial charge in [-0.3, -0.25) is 14.6 Å². The fourth-order valence-electron chi connectivity index (χ4n) is 2.56. The molecule has 23 heavy (non-hydrogen) atoms. The Balaban J connectivity index is 1.89. The van der Waals surface area contributed by atoms with Gasteiger partial charge in [0.1, 0.15) is 5.69 Å². The lowest BCUT2D eigenvalue weighted by molar-refractivity contribution is -0.130. The third-order valence-corrected chi connectivity index (χ3v) is 3.86. The minimum Gasteiger partial charge on any atom is -0.351 e. The van der Waals surface area contributed by atoms with Crippen molar-refractivity contribution in [2.45, 2.75) is 26.7 Å². The predicted molar refractivity (Wildman–Crippen MR) is 91.2 cm³/mol. The van der Waals surface area contributed by atoms with Crippen LogP contribution in [0.1, 0.15) is 37.2 Å². The molecule has 5 nitrogen and oxygen atoms in total. The molecule has 0 fully saturated rings. The standard InChI is InChI=1S/C18H23N3O2/c1-3-21(4-2)16(22)10-7-12-20-18(23)17-15-9-6-5-8-14(15)11-13-19-17/h5-6,8-9,11,13H,3-4,7,10,12H2,1-2H3,(H,20,23). The van der Waals surface area contributed by atoms with Crippen molar-refractivity contribution >= 4 is 22.6 Å². The van der Waals surface area contributed by atoms with E-state index < -0.39 is 0 Å². The molecule has 1 heterocycles. The lowest BCUT2D eigenvalue weighted by Crippen LogP contribution is -2.31. The van der Waals surface area contributed by atoms with E-state index in [0.29, 0.717) is 25.1 Å². The van der Waals surface area contributed by atoms with E-state index in [-0.39, 0.29) is 11.8 Å². The molecule has 0 saturated carbocycles. The Kier molecular flexibility index (Phi) is 6.09. The summed E-state index contributed by atoms with van der Waals surface area (Å²) in [5, 5.41) is 4.68. The van der Waals surface area contributed by atoms with Crippen LogP contribution in [0.5, 0.6) is 0 Å². The summed E-state index contributed by atoms with van der Waals surface area (Å²) in [5.74, 6) is -0.0652. The summed E-state index contributed by atoms with van der Waals surface area (Å²) in [5.41, 5.74) is 0.429. The van der Waals surface area contributed by atoms with Crippen molar-refractivity contribution in [2.75, 3.05) is 19.6 Å². The highest BCUT2D eigenvalue weighted by atomic mass is 16.2. The number of nitrogens with one attached hydrogen (secondary N) is 1. The Hall–Kier alpha value is -2.43. The van der Waals surface area contributed by atoms with E-state index >= 15 is 0 Å². The van der Waals surface area contributed by atoms with Crippen molar-refractivity contribution in [2.24, 2.45) is 0 Å². The van der Waals surface area contributed by atoms with Crippen LogP contribution in [0.4, 0.5) is 0 Å². The number of carbonyl (C=O) groups excluding carboxylic acids is 2. The molecule has 122 valence electrons. The number of hydrogen-bond donors (Lipinski definition) is 1. The average Bonchev–Trinajstić information content (AvgIpc) is 2.59. The second-order valence-electron chi connectivity index (χ2n) is 5.31. The van der Waals surface area contributed by atoms with Crippen LogP contribution in [-0.4, -0.2) is 41.3 Å². The summed E-state index contributed by atoms with van der Waals surface area (Å²) in [7, 11) is 0. The average molecular weight is 313 g/mol. The molecule has 2 rings (SSSR count). The molecule has 2 aromatic rings. The molecule has 0 atom stereocenters. The van der Waals surface area contributed by atoms with E-state index in [0.717, 1.165) is 23.9 Å². The number of benzene rings is 1. The lowest BCUT2D eigenvalue weighted by Gasteiger charge is -2.18. The van der Waals surface area contributed by atoms with Crippen LogP contribution in [0.15, 0.2) is 36.5 Å². The molecule has 5 heteroatoms. The maximum atomic E-state index is 12.3. The molecular weight excluding hydrogens is 290 g/mol. The quantitative estimate of drug-likeness (QED) is 0.799. The van der Waals surface area contributed by atoms with Gasteiger partial charge >= 0.3 is 0 Å². The van der Waals surface area contributed by atoms with E-state index in [4.69, 9.17) is 0 Å². The van der Waals surface area contributed by atoms with E-state index in [1.165, 1.54) is 0 Å². The van der Waals surface area contributed by atoms with E-state index in [9.17, 15) is 9.59 Å². The SMILES string of the molecule is CCN(CC)C(=O)CCCNC(=O)c1nccc2ccccc12. The van der Waals surface area contributed by atoms with Gasteiger partial charge in [0.2, 0.25) is 5.91 Å². The van der Waals surface area contributed by atoms with Gasteiger partial charge in [-0.1, -0.05) is 24.3 Å². The number of rotatable bonds is 7. The van der Waals surface area contributed by atoms with Crippen LogP contribution in [0, 0.1) is 0 Å². The molecule has 0 unspecified atom stereocenters. The van der Waals surface area contributed by atoms with Gasteiger partial charge in [-0.05, 0) is 31.7 Å².